The maximum absolute atomic E-state index is 5.43. The molecule has 0 atom stereocenters. The number of anilines is 1. The van der Waals surface area contributed by atoms with Crippen LogP contribution in [0, 0.1) is 6.92 Å². The van der Waals surface area contributed by atoms with Crippen molar-refractivity contribution in [3.05, 3.63) is 5.82 Å². The first-order valence-corrected chi connectivity index (χ1v) is 7.04. The molecule has 1 aromatic heterocycles. The molecule has 0 bridgehead atoms. The van der Waals surface area contributed by atoms with E-state index in [-0.39, 0.29) is 0 Å². The molecule has 0 spiro atoms. The number of hydrogen-bond donors (Lipinski definition) is 2. The van der Waals surface area contributed by atoms with Crippen LogP contribution >= 0.6 is 11.8 Å². The molecule has 1 rings (SSSR count). The third kappa shape index (κ3) is 5.83. The number of hydrogen-bond acceptors (Lipinski definition) is 6. The van der Waals surface area contributed by atoms with Crippen LogP contribution in [0.2, 0.25) is 0 Å². The Kier molecular flexibility index (Phi) is 6.88. The van der Waals surface area contributed by atoms with Gasteiger partial charge in [-0.05, 0) is 13.3 Å². The average molecular weight is 255 g/mol. The van der Waals surface area contributed by atoms with Crippen LogP contribution in [0.15, 0.2) is 5.16 Å². The summed E-state index contributed by atoms with van der Waals surface area (Å²) in [5.41, 5.74) is 5.43. The second-order valence-electron chi connectivity index (χ2n) is 3.76. The number of nitrogens with zero attached hydrogens (tertiary/aromatic N) is 3. The molecule has 0 fully saturated rings. The van der Waals surface area contributed by atoms with Gasteiger partial charge >= 0.3 is 0 Å². The molecule has 96 valence electrons. The van der Waals surface area contributed by atoms with E-state index in [0.717, 1.165) is 16.7 Å². The molecule has 17 heavy (non-hydrogen) atoms. The number of nitrogens with two attached hydrogens (primary N) is 1. The van der Waals surface area contributed by atoms with E-state index in [4.69, 9.17) is 5.73 Å². The van der Waals surface area contributed by atoms with Crippen LogP contribution in [0.1, 0.15) is 32.0 Å². The molecule has 1 aromatic rings. The fourth-order valence-corrected chi connectivity index (χ4v) is 2.18. The number of aromatic nitrogens is 3. The topological polar surface area (TPSA) is 76.7 Å². The van der Waals surface area contributed by atoms with Crippen LogP contribution in [0.4, 0.5) is 5.95 Å². The van der Waals surface area contributed by atoms with Gasteiger partial charge in [0.15, 0.2) is 5.16 Å². The van der Waals surface area contributed by atoms with E-state index in [1.54, 1.807) is 11.8 Å². The van der Waals surface area contributed by atoms with Gasteiger partial charge in [-0.15, -0.1) is 0 Å². The number of nitrogens with one attached hydrogen (secondary N) is 1. The Labute approximate surface area is 107 Å². The molecule has 0 aromatic carbocycles. The average Bonchev–Trinajstić information content (AvgIpc) is 2.31. The zero-order valence-corrected chi connectivity index (χ0v) is 11.4. The molecule has 0 radical (unpaired) electrons. The molecule has 0 aliphatic rings. The lowest BCUT2D eigenvalue weighted by atomic mass is 10.3. The SMILES string of the molecule is CCCCCSc1nc(C)nc(NCCN)n1. The van der Waals surface area contributed by atoms with Crippen LogP contribution in [0.3, 0.4) is 0 Å². The van der Waals surface area contributed by atoms with Gasteiger partial charge in [0.05, 0.1) is 0 Å². The minimum absolute atomic E-state index is 0.573. The molecule has 0 saturated heterocycles. The van der Waals surface area contributed by atoms with Crippen LogP contribution < -0.4 is 11.1 Å². The van der Waals surface area contributed by atoms with Crippen LogP contribution in [0.5, 0.6) is 0 Å². The summed E-state index contributed by atoms with van der Waals surface area (Å²) < 4.78 is 0. The first-order chi connectivity index (χ1) is 8.26. The van der Waals surface area contributed by atoms with E-state index in [0.29, 0.717) is 19.0 Å². The molecule has 0 aliphatic carbocycles. The van der Waals surface area contributed by atoms with E-state index in [1.807, 2.05) is 6.92 Å². The number of aryl methyl sites for hydroxylation is 1. The fourth-order valence-electron chi connectivity index (χ4n) is 1.30. The van der Waals surface area contributed by atoms with Crippen molar-refractivity contribution in [1.29, 1.82) is 0 Å². The Balaban J connectivity index is 2.50. The second kappa shape index (κ2) is 8.25. The van der Waals surface area contributed by atoms with Crippen molar-refractivity contribution < 1.29 is 0 Å². The first kappa shape index (κ1) is 14.2. The Morgan fingerprint density at radius 3 is 2.76 bits per heavy atom. The van der Waals surface area contributed by atoms with Gasteiger partial charge in [-0.1, -0.05) is 31.5 Å². The van der Waals surface area contributed by atoms with Gasteiger partial charge in [0.2, 0.25) is 5.95 Å². The Morgan fingerprint density at radius 1 is 1.24 bits per heavy atom. The van der Waals surface area contributed by atoms with Gasteiger partial charge in [-0.25, -0.2) is 4.98 Å². The van der Waals surface area contributed by atoms with Crippen LogP contribution in [0.25, 0.3) is 0 Å². The lowest BCUT2D eigenvalue weighted by molar-refractivity contribution is 0.775. The number of unbranched alkanes of at least 4 members (excludes halogenated alkanes) is 2. The summed E-state index contributed by atoms with van der Waals surface area (Å²) in [6, 6.07) is 0. The lowest BCUT2D eigenvalue weighted by Crippen LogP contribution is -2.15. The standard InChI is InChI=1S/C11H21N5S/c1-3-4-5-8-17-11-15-9(2)14-10(16-11)13-7-6-12/h3-8,12H2,1-2H3,(H,13,14,15,16). The molecule has 0 amide bonds. The normalized spacial score (nSPS) is 10.5. The summed E-state index contributed by atoms with van der Waals surface area (Å²) in [7, 11) is 0. The highest BCUT2D eigenvalue weighted by Gasteiger charge is 2.03. The van der Waals surface area contributed by atoms with E-state index >= 15 is 0 Å². The van der Waals surface area contributed by atoms with Crippen molar-refractivity contribution in [3.63, 3.8) is 0 Å². The molecule has 0 aliphatic heterocycles. The summed E-state index contributed by atoms with van der Waals surface area (Å²) in [6.45, 7) is 5.34. The van der Waals surface area contributed by atoms with Crippen molar-refractivity contribution >= 4 is 17.7 Å². The first-order valence-electron chi connectivity index (χ1n) is 6.05. The van der Waals surface area contributed by atoms with Gasteiger partial charge in [-0.3, -0.25) is 0 Å². The Bertz CT molecular complexity index is 332. The predicted molar refractivity (Wildman–Crippen MR) is 72.4 cm³/mol. The molecule has 6 heteroatoms. The number of thioether (sulfide) groups is 1. The quantitative estimate of drug-likeness (QED) is 0.545. The lowest BCUT2D eigenvalue weighted by Gasteiger charge is -2.05. The van der Waals surface area contributed by atoms with E-state index in [2.05, 4.69) is 27.2 Å². The second-order valence-corrected chi connectivity index (χ2v) is 4.82. The third-order valence-corrected chi connectivity index (χ3v) is 3.07. The van der Waals surface area contributed by atoms with Gasteiger partial charge in [-0.2, -0.15) is 9.97 Å². The van der Waals surface area contributed by atoms with E-state index < -0.39 is 0 Å². The zero-order chi connectivity index (χ0) is 12.5. The highest BCUT2D eigenvalue weighted by atomic mass is 32.2. The minimum Gasteiger partial charge on any atom is -0.353 e. The maximum Gasteiger partial charge on any atom is 0.226 e. The summed E-state index contributed by atoms with van der Waals surface area (Å²) in [5.74, 6) is 2.44. The highest BCUT2D eigenvalue weighted by molar-refractivity contribution is 7.99. The minimum atomic E-state index is 0.573. The zero-order valence-electron chi connectivity index (χ0n) is 10.6. The molecule has 3 N–H and O–H groups in total. The van der Waals surface area contributed by atoms with Crippen molar-refractivity contribution in [1.82, 2.24) is 15.0 Å². The molecule has 0 saturated carbocycles. The van der Waals surface area contributed by atoms with Gasteiger partial charge in [0, 0.05) is 18.8 Å². The molecular formula is C11H21N5S. The van der Waals surface area contributed by atoms with Crippen molar-refractivity contribution in [3.8, 4) is 0 Å². The summed E-state index contributed by atoms with van der Waals surface area (Å²) in [4.78, 5) is 12.9. The van der Waals surface area contributed by atoms with Crippen LogP contribution in [-0.4, -0.2) is 33.8 Å². The molecular weight excluding hydrogens is 234 g/mol. The Morgan fingerprint density at radius 2 is 2.06 bits per heavy atom. The van der Waals surface area contributed by atoms with Gasteiger partial charge in [0.1, 0.15) is 5.82 Å². The van der Waals surface area contributed by atoms with Crippen molar-refractivity contribution in [2.24, 2.45) is 5.73 Å². The summed E-state index contributed by atoms with van der Waals surface area (Å²) >= 11 is 1.69. The molecule has 5 nitrogen and oxygen atoms in total. The van der Waals surface area contributed by atoms with Gasteiger partial charge < -0.3 is 11.1 Å². The molecule has 1 heterocycles. The monoisotopic (exact) mass is 255 g/mol. The largest absolute Gasteiger partial charge is 0.353 e. The predicted octanol–water partition coefficient (Wildman–Crippen LogP) is 1.83. The Hall–Kier alpha value is -0.880. The maximum atomic E-state index is 5.43. The fraction of sp³-hybridized carbons (Fsp3) is 0.727. The van der Waals surface area contributed by atoms with E-state index in [9.17, 15) is 0 Å². The highest BCUT2D eigenvalue weighted by Crippen LogP contribution is 2.16. The van der Waals surface area contributed by atoms with Crippen LogP contribution in [-0.2, 0) is 0 Å². The van der Waals surface area contributed by atoms with Crippen molar-refractivity contribution in [2.75, 3.05) is 24.2 Å². The third-order valence-electron chi connectivity index (χ3n) is 2.13. The summed E-state index contributed by atoms with van der Waals surface area (Å²) in [5, 5.41) is 3.88. The van der Waals surface area contributed by atoms with Gasteiger partial charge in [0.25, 0.3) is 0 Å². The smallest absolute Gasteiger partial charge is 0.226 e. The summed E-state index contributed by atoms with van der Waals surface area (Å²) in [6.07, 6.45) is 3.70. The number of rotatable bonds is 8. The molecule has 0 unspecified atom stereocenters. The van der Waals surface area contributed by atoms with E-state index in [1.165, 1.54) is 19.3 Å². The van der Waals surface area contributed by atoms with Crippen molar-refractivity contribution in [2.45, 2.75) is 38.3 Å².